The van der Waals surface area contributed by atoms with Gasteiger partial charge in [-0.3, -0.25) is 9.58 Å². The van der Waals surface area contributed by atoms with Gasteiger partial charge in [-0.15, -0.1) is 0 Å². The van der Waals surface area contributed by atoms with Crippen LogP contribution in [0.25, 0.3) is 55.1 Å². The molecule has 5 heteroatoms. The van der Waals surface area contributed by atoms with Crippen LogP contribution >= 0.6 is 0 Å². The fourth-order valence-corrected chi connectivity index (χ4v) is 6.24. The smallest absolute Gasteiger partial charge is 0.162 e. The lowest BCUT2D eigenvalue weighted by molar-refractivity contribution is 0.346. The Bertz CT molecular complexity index is 2180. The summed E-state index contributed by atoms with van der Waals surface area (Å²) in [6.07, 6.45) is 9.66. The van der Waals surface area contributed by atoms with Crippen LogP contribution in [0.1, 0.15) is 5.56 Å². The van der Waals surface area contributed by atoms with Crippen LogP contribution in [0.3, 0.4) is 0 Å². The first kappa shape index (κ1) is 25.1. The molecular formula is C38H29N5. The van der Waals surface area contributed by atoms with Gasteiger partial charge in [0.05, 0.1) is 22.9 Å². The van der Waals surface area contributed by atoms with Gasteiger partial charge in [-0.2, -0.15) is 0 Å². The van der Waals surface area contributed by atoms with E-state index >= 15 is 0 Å². The van der Waals surface area contributed by atoms with Crippen LogP contribution in [0.4, 0.5) is 0 Å². The lowest BCUT2D eigenvalue weighted by atomic mass is 9.97. The molecule has 1 unspecified atom stereocenters. The molecule has 0 amide bonds. The molecule has 2 aromatic heterocycles. The highest BCUT2D eigenvalue weighted by Crippen LogP contribution is 2.35. The zero-order valence-corrected chi connectivity index (χ0v) is 23.5. The molecule has 1 atom stereocenters. The van der Waals surface area contributed by atoms with E-state index < -0.39 is 0 Å². The van der Waals surface area contributed by atoms with Crippen LogP contribution in [0, 0.1) is 0 Å². The zero-order valence-electron chi connectivity index (χ0n) is 23.5. The molecule has 2 N–H and O–H groups in total. The molecule has 0 saturated heterocycles. The number of allylic oxidation sites excluding steroid dienone is 2. The van der Waals surface area contributed by atoms with E-state index in [2.05, 4.69) is 137 Å². The van der Waals surface area contributed by atoms with Gasteiger partial charge in [0.15, 0.2) is 6.17 Å². The summed E-state index contributed by atoms with van der Waals surface area (Å²) in [5.74, 6) is 6.53. The summed E-state index contributed by atoms with van der Waals surface area (Å²) >= 11 is 0. The number of nitrogens with zero attached hydrogens (tertiary/aromatic N) is 4. The fraction of sp³-hybridized carbons (Fsp3) is 0.0263. The molecule has 0 spiro atoms. The second-order valence-electron chi connectivity index (χ2n) is 10.8. The molecule has 0 radical (unpaired) electrons. The summed E-state index contributed by atoms with van der Waals surface area (Å²) in [7, 11) is 0. The molecule has 1 aliphatic rings. The van der Waals surface area contributed by atoms with Crippen molar-refractivity contribution in [3.63, 3.8) is 0 Å². The van der Waals surface area contributed by atoms with Gasteiger partial charge in [0.2, 0.25) is 0 Å². The Kier molecular flexibility index (Phi) is 6.02. The Morgan fingerprint density at radius 1 is 0.605 bits per heavy atom. The number of nitrogens with two attached hydrogens (primary N) is 1. The molecule has 5 aromatic carbocycles. The molecule has 8 rings (SSSR count). The Labute approximate surface area is 249 Å². The third-order valence-electron chi connectivity index (χ3n) is 8.32. The van der Waals surface area contributed by atoms with Crippen molar-refractivity contribution in [2.45, 2.75) is 6.17 Å². The van der Waals surface area contributed by atoms with Gasteiger partial charge >= 0.3 is 0 Å². The molecule has 0 aliphatic carbocycles. The second-order valence-corrected chi connectivity index (χ2v) is 10.8. The van der Waals surface area contributed by atoms with Crippen molar-refractivity contribution in [3.8, 4) is 16.8 Å². The highest BCUT2D eigenvalue weighted by molar-refractivity contribution is 6.20. The van der Waals surface area contributed by atoms with Crippen molar-refractivity contribution in [2.75, 3.05) is 0 Å². The van der Waals surface area contributed by atoms with Crippen LogP contribution in [0.2, 0.25) is 0 Å². The maximum Gasteiger partial charge on any atom is 0.162 e. The van der Waals surface area contributed by atoms with Gasteiger partial charge < -0.3 is 4.57 Å². The van der Waals surface area contributed by atoms with E-state index in [1.165, 1.54) is 27.3 Å². The van der Waals surface area contributed by atoms with Crippen LogP contribution in [0.5, 0.6) is 0 Å². The quantitative estimate of drug-likeness (QED) is 0.132. The topological polar surface area (TPSA) is 51.5 Å². The van der Waals surface area contributed by atoms with E-state index in [0.717, 1.165) is 33.4 Å². The summed E-state index contributed by atoms with van der Waals surface area (Å²) in [5, 5.41) is 5.23. The number of fused-ring (bicyclic) bond motifs is 5. The van der Waals surface area contributed by atoms with E-state index in [0.29, 0.717) is 0 Å². The van der Waals surface area contributed by atoms with Crippen molar-refractivity contribution in [2.24, 2.45) is 10.8 Å². The number of hydrazine groups is 1. The predicted molar refractivity (Wildman–Crippen MR) is 179 cm³/mol. The monoisotopic (exact) mass is 555 g/mol. The second kappa shape index (κ2) is 10.3. The lowest BCUT2D eigenvalue weighted by Crippen LogP contribution is -2.37. The average Bonchev–Trinajstić information content (AvgIpc) is 3.64. The van der Waals surface area contributed by atoms with E-state index in [4.69, 9.17) is 10.8 Å². The van der Waals surface area contributed by atoms with E-state index in [9.17, 15) is 0 Å². The summed E-state index contributed by atoms with van der Waals surface area (Å²) in [6, 6.07) is 44.6. The molecule has 206 valence electrons. The number of aliphatic imine (C=N–C) groups is 1. The summed E-state index contributed by atoms with van der Waals surface area (Å²) in [5.41, 5.74) is 9.02. The van der Waals surface area contributed by atoms with Crippen LogP contribution in [-0.2, 0) is 0 Å². The minimum absolute atomic E-state index is 0.378. The standard InChI is InChI=1S/C38H29N5/c39-43-24-9-15-31(29-19-17-28(18-20-29)27-10-3-1-4-11-27)38(43)40-26-42-35-16-8-7-14-32(35)33-21-22-36-34(37(33)42)23-25-41(36)30-12-5-2-6-13-30/h1-26,38H,39H2. The Morgan fingerprint density at radius 2 is 1.30 bits per heavy atom. The largest absolute Gasteiger partial charge is 0.316 e. The Morgan fingerprint density at radius 3 is 2.12 bits per heavy atom. The molecule has 5 nitrogen and oxygen atoms in total. The normalized spacial score (nSPS) is 15.2. The molecule has 0 bridgehead atoms. The Balaban J connectivity index is 1.23. The molecule has 3 heterocycles. The third-order valence-corrected chi connectivity index (χ3v) is 8.32. The van der Waals surface area contributed by atoms with E-state index in [1.807, 2.05) is 30.7 Å². The molecule has 0 fully saturated rings. The molecule has 0 saturated carbocycles. The minimum Gasteiger partial charge on any atom is -0.316 e. The van der Waals surface area contributed by atoms with Crippen molar-refractivity contribution < 1.29 is 0 Å². The number of para-hydroxylation sites is 2. The first-order valence-corrected chi connectivity index (χ1v) is 14.4. The maximum absolute atomic E-state index is 6.53. The number of aromatic nitrogens is 2. The van der Waals surface area contributed by atoms with Gasteiger partial charge in [-0.1, -0.05) is 103 Å². The summed E-state index contributed by atoms with van der Waals surface area (Å²) in [6.45, 7) is 0. The summed E-state index contributed by atoms with van der Waals surface area (Å²) in [4.78, 5) is 5.13. The van der Waals surface area contributed by atoms with Crippen molar-refractivity contribution >= 4 is 44.6 Å². The minimum atomic E-state index is -0.378. The van der Waals surface area contributed by atoms with Crippen LogP contribution < -0.4 is 5.84 Å². The summed E-state index contributed by atoms with van der Waals surface area (Å²) < 4.78 is 4.45. The predicted octanol–water partition coefficient (Wildman–Crippen LogP) is 8.39. The molecular weight excluding hydrogens is 526 g/mol. The Hall–Kier alpha value is -5.65. The maximum atomic E-state index is 6.53. The highest BCUT2D eigenvalue weighted by atomic mass is 15.5. The highest BCUT2D eigenvalue weighted by Gasteiger charge is 2.21. The zero-order chi connectivity index (χ0) is 28.8. The van der Waals surface area contributed by atoms with Gasteiger partial charge in [0.25, 0.3) is 0 Å². The van der Waals surface area contributed by atoms with Gasteiger partial charge in [0, 0.05) is 39.8 Å². The SMILES string of the molecule is NN1C=CC=C(c2ccc(-c3ccccc3)cc2)C1N=Cn1c2ccccc2c2ccc3c(ccn3-c3ccccc3)c21. The lowest BCUT2D eigenvalue weighted by Gasteiger charge is -2.28. The van der Waals surface area contributed by atoms with Crippen molar-refractivity contribution in [3.05, 3.63) is 158 Å². The first-order valence-electron chi connectivity index (χ1n) is 14.4. The van der Waals surface area contributed by atoms with Gasteiger partial charge in [-0.25, -0.2) is 10.8 Å². The van der Waals surface area contributed by atoms with E-state index in [-0.39, 0.29) is 6.17 Å². The van der Waals surface area contributed by atoms with E-state index in [1.54, 1.807) is 5.01 Å². The van der Waals surface area contributed by atoms with Crippen molar-refractivity contribution in [1.29, 1.82) is 0 Å². The van der Waals surface area contributed by atoms with Gasteiger partial charge in [0.1, 0.15) is 0 Å². The van der Waals surface area contributed by atoms with Gasteiger partial charge in [-0.05, 0) is 53.1 Å². The van der Waals surface area contributed by atoms with Crippen LogP contribution in [0.15, 0.2) is 157 Å². The van der Waals surface area contributed by atoms with Crippen LogP contribution in [-0.4, -0.2) is 26.6 Å². The fourth-order valence-electron chi connectivity index (χ4n) is 6.24. The number of hydrogen-bond acceptors (Lipinski definition) is 3. The number of benzene rings is 5. The third kappa shape index (κ3) is 4.26. The first-order chi connectivity index (χ1) is 21.3. The van der Waals surface area contributed by atoms with Crippen molar-refractivity contribution in [1.82, 2.24) is 14.1 Å². The number of rotatable bonds is 5. The average molecular weight is 556 g/mol. The molecule has 43 heavy (non-hydrogen) atoms. The molecule has 7 aromatic rings. The number of hydrogen-bond donors (Lipinski definition) is 1. The molecule has 1 aliphatic heterocycles.